The average molecular weight is 238 g/mol. The fraction of sp³-hybridized carbons (Fsp3) is 0.929. The van der Waals surface area contributed by atoms with E-state index in [9.17, 15) is 4.79 Å². The number of rotatable bonds is 4. The predicted octanol–water partition coefficient (Wildman–Crippen LogP) is 2.07. The van der Waals surface area contributed by atoms with Crippen molar-refractivity contribution in [3.63, 3.8) is 0 Å². The lowest BCUT2D eigenvalue weighted by atomic mass is 9.77. The highest BCUT2D eigenvalue weighted by molar-refractivity contribution is 5.82. The Morgan fingerprint density at radius 1 is 1.35 bits per heavy atom. The molecular formula is C14H26N2O. The molecule has 1 aliphatic carbocycles. The fourth-order valence-electron chi connectivity index (χ4n) is 2.87. The van der Waals surface area contributed by atoms with Gasteiger partial charge in [0.25, 0.3) is 0 Å². The van der Waals surface area contributed by atoms with E-state index in [1.165, 1.54) is 25.7 Å². The lowest BCUT2D eigenvalue weighted by molar-refractivity contribution is -0.127. The summed E-state index contributed by atoms with van der Waals surface area (Å²) < 4.78 is 0. The van der Waals surface area contributed by atoms with E-state index in [4.69, 9.17) is 0 Å². The van der Waals surface area contributed by atoms with Crippen LogP contribution < -0.4 is 10.6 Å². The lowest BCUT2D eigenvalue weighted by Gasteiger charge is -2.38. The summed E-state index contributed by atoms with van der Waals surface area (Å²) in [5.74, 6) is 0.203. The third-order valence-electron chi connectivity index (χ3n) is 4.73. The minimum absolute atomic E-state index is 0.0103. The lowest BCUT2D eigenvalue weighted by Crippen LogP contribution is -2.56. The molecule has 0 aromatic rings. The van der Waals surface area contributed by atoms with Gasteiger partial charge in [0.15, 0.2) is 0 Å². The molecular weight excluding hydrogens is 212 g/mol. The molecule has 2 N–H and O–H groups in total. The molecule has 17 heavy (non-hydrogen) atoms. The third-order valence-corrected chi connectivity index (χ3v) is 4.73. The summed E-state index contributed by atoms with van der Waals surface area (Å²) in [7, 11) is 0. The fourth-order valence-corrected chi connectivity index (χ4v) is 2.87. The van der Waals surface area contributed by atoms with Crippen molar-refractivity contribution in [3.8, 4) is 0 Å². The van der Waals surface area contributed by atoms with Crippen LogP contribution in [-0.4, -0.2) is 25.0 Å². The summed E-state index contributed by atoms with van der Waals surface area (Å²) in [5, 5.41) is 6.53. The van der Waals surface area contributed by atoms with Crippen LogP contribution in [0, 0.1) is 10.8 Å². The summed E-state index contributed by atoms with van der Waals surface area (Å²) in [6.07, 6.45) is 6.07. The first-order valence-corrected chi connectivity index (χ1v) is 7.00. The topological polar surface area (TPSA) is 41.1 Å². The Labute approximate surface area is 105 Å². The number of nitrogens with one attached hydrogen (secondary N) is 2. The van der Waals surface area contributed by atoms with Crippen LogP contribution in [0.5, 0.6) is 0 Å². The molecule has 1 heterocycles. The molecule has 2 aliphatic rings. The molecule has 0 spiro atoms. The van der Waals surface area contributed by atoms with Gasteiger partial charge in [0.2, 0.25) is 5.91 Å². The SMILES string of the molecule is CCC1(CNC(=O)C2NCCCC2(C)C)CC1. The van der Waals surface area contributed by atoms with Crippen molar-refractivity contribution in [2.45, 2.75) is 58.9 Å². The van der Waals surface area contributed by atoms with Gasteiger partial charge in [-0.3, -0.25) is 4.79 Å². The van der Waals surface area contributed by atoms with E-state index in [0.717, 1.165) is 19.5 Å². The Balaban J connectivity index is 1.86. The van der Waals surface area contributed by atoms with E-state index in [-0.39, 0.29) is 17.4 Å². The second kappa shape index (κ2) is 4.60. The molecule has 98 valence electrons. The van der Waals surface area contributed by atoms with Gasteiger partial charge in [-0.1, -0.05) is 20.8 Å². The molecule has 1 atom stereocenters. The molecule has 1 amide bonds. The highest BCUT2D eigenvalue weighted by Crippen LogP contribution is 2.47. The Hall–Kier alpha value is -0.570. The number of hydrogen-bond acceptors (Lipinski definition) is 2. The van der Waals surface area contributed by atoms with Gasteiger partial charge in [0.05, 0.1) is 6.04 Å². The molecule has 1 aliphatic heterocycles. The number of hydrogen-bond donors (Lipinski definition) is 2. The largest absolute Gasteiger partial charge is 0.354 e. The van der Waals surface area contributed by atoms with E-state index in [1.54, 1.807) is 0 Å². The molecule has 0 bridgehead atoms. The minimum atomic E-state index is -0.0103. The molecule has 1 unspecified atom stereocenters. The summed E-state index contributed by atoms with van der Waals surface area (Å²) in [6, 6.07) is -0.0103. The van der Waals surface area contributed by atoms with E-state index in [0.29, 0.717) is 5.41 Å². The highest BCUT2D eigenvalue weighted by atomic mass is 16.2. The molecule has 0 aromatic carbocycles. The maximum atomic E-state index is 12.2. The predicted molar refractivity (Wildman–Crippen MR) is 69.8 cm³/mol. The van der Waals surface area contributed by atoms with Crippen LogP contribution >= 0.6 is 0 Å². The molecule has 1 saturated heterocycles. The van der Waals surface area contributed by atoms with Crippen molar-refractivity contribution in [1.82, 2.24) is 10.6 Å². The third kappa shape index (κ3) is 2.82. The highest BCUT2D eigenvalue weighted by Gasteiger charge is 2.42. The number of amides is 1. The van der Waals surface area contributed by atoms with E-state index in [2.05, 4.69) is 31.4 Å². The van der Waals surface area contributed by atoms with Gasteiger partial charge in [0, 0.05) is 6.54 Å². The van der Waals surface area contributed by atoms with Gasteiger partial charge in [0.1, 0.15) is 0 Å². The van der Waals surface area contributed by atoms with Crippen LogP contribution in [0.25, 0.3) is 0 Å². The summed E-state index contributed by atoms with van der Waals surface area (Å²) in [6.45, 7) is 8.45. The van der Waals surface area contributed by atoms with Crippen molar-refractivity contribution in [3.05, 3.63) is 0 Å². The maximum Gasteiger partial charge on any atom is 0.237 e. The molecule has 0 aromatic heterocycles. The molecule has 3 heteroatoms. The normalized spacial score (nSPS) is 29.7. The zero-order chi connectivity index (χ0) is 12.5. The van der Waals surface area contributed by atoms with Gasteiger partial charge in [-0.15, -0.1) is 0 Å². The zero-order valence-electron chi connectivity index (χ0n) is 11.4. The number of carbonyl (C=O) groups is 1. The van der Waals surface area contributed by atoms with Crippen molar-refractivity contribution >= 4 is 5.91 Å². The van der Waals surface area contributed by atoms with E-state index < -0.39 is 0 Å². The van der Waals surface area contributed by atoms with Gasteiger partial charge in [-0.25, -0.2) is 0 Å². The molecule has 0 radical (unpaired) electrons. The van der Waals surface area contributed by atoms with Crippen LogP contribution in [0.2, 0.25) is 0 Å². The number of carbonyl (C=O) groups excluding carboxylic acids is 1. The Morgan fingerprint density at radius 2 is 2.06 bits per heavy atom. The average Bonchev–Trinajstić information content (AvgIpc) is 3.06. The van der Waals surface area contributed by atoms with Crippen LogP contribution in [-0.2, 0) is 4.79 Å². The smallest absolute Gasteiger partial charge is 0.237 e. The Morgan fingerprint density at radius 3 is 2.59 bits per heavy atom. The maximum absolute atomic E-state index is 12.2. The second-order valence-corrected chi connectivity index (χ2v) is 6.55. The standard InChI is InChI=1S/C14H26N2O/c1-4-14(7-8-14)10-16-12(17)11-13(2,3)6-5-9-15-11/h11,15H,4-10H2,1-3H3,(H,16,17). The second-order valence-electron chi connectivity index (χ2n) is 6.55. The van der Waals surface area contributed by atoms with Crippen LogP contribution in [0.4, 0.5) is 0 Å². The summed E-state index contributed by atoms with van der Waals surface area (Å²) in [4.78, 5) is 12.2. The quantitative estimate of drug-likeness (QED) is 0.787. The van der Waals surface area contributed by atoms with E-state index in [1.807, 2.05) is 0 Å². The monoisotopic (exact) mass is 238 g/mol. The minimum Gasteiger partial charge on any atom is -0.354 e. The van der Waals surface area contributed by atoms with Gasteiger partial charge < -0.3 is 10.6 Å². The Kier molecular flexibility index (Phi) is 3.48. The Bertz CT molecular complexity index is 295. The van der Waals surface area contributed by atoms with Gasteiger partial charge in [-0.2, -0.15) is 0 Å². The summed E-state index contributed by atoms with van der Waals surface area (Å²) >= 11 is 0. The van der Waals surface area contributed by atoms with Crippen molar-refractivity contribution < 1.29 is 4.79 Å². The van der Waals surface area contributed by atoms with Gasteiger partial charge >= 0.3 is 0 Å². The first-order chi connectivity index (χ1) is 7.99. The molecule has 2 fully saturated rings. The zero-order valence-corrected chi connectivity index (χ0v) is 11.4. The number of piperidine rings is 1. The van der Waals surface area contributed by atoms with Crippen molar-refractivity contribution in [2.75, 3.05) is 13.1 Å². The first kappa shape index (κ1) is 12.9. The molecule has 3 nitrogen and oxygen atoms in total. The van der Waals surface area contributed by atoms with Crippen molar-refractivity contribution in [1.29, 1.82) is 0 Å². The van der Waals surface area contributed by atoms with Crippen molar-refractivity contribution in [2.24, 2.45) is 10.8 Å². The molecule has 2 rings (SSSR count). The van der Waals surface area contributed by atoms with Crippen LogP contribution in [0.3, 0.4) is 0 Å². The molecule has 1 saturated carbocycles. The van der Waals surface area contributed by atoms with Crippen LogP contribution in [0.1, 0.15) is 52.9 Å². The first-order valence-electron chi connectivity index (χ1n) is 7.00. The van der Waals surface area contributed by atoms with Gasteiger partial charge in [-0.05, 0) is 49.5 Å². The summed E-state index contributed by atoms with van der Waals surface area (Å²) in [5.41, 5.74) is 0.528. The van der Waals surface area contributed by atoms with Crippen LogP contribution in [0.15, 0.2) is 0 Å². The van der Waals surface area contributed by atoms with E-state index >= 15 is 0 Å².